The number of aliphatic hydroxyl groups excluding tert-OH is 1. The monoisotopic (exact) mass is 549 g/mol. The van der Waals surface area contributed by atoms with E-state index in [1.807, 2.05) is 18.2 Å². The molecule has 2 N–H and O–H groups in total. The molecule has 2 heterocycles. The highest BCUT2D eigenvalue weighted by Crippen LogP contribution is 2.51. The highest BCUT2D eigenvalue weighted by Gasteiger charge is 2.44. The van der Waals surface area contributed by atoms with Gasteiger partial charge in [0, 0.05) is 11.3 Å². The third-order valence-electron chi connectivity index (χ3n) is 9.44. The summed E-state index contributed by atoms with van der Waals surface area (Å²) in [7, 11) is 0. The second kappa shape index (κ2) is 10.3. The molecule has 1 saturated carbocycles. The largest absolute Gasteiger partial charge is 0.588 e. The molecular formula is C34H35N3O2S. The quantitative estimate of drug-likeness (QED) is 0.264. The first-order valence-electron chi connectivity index (χ1n) is 14.4. The minimum Gasteiger partial charge on any atom is -0.588 e. The third kappa shape index (κ3) is 4.72. The third-order valence-corrected chi connectivity index (χ3v) is 10.5. The Morgan fingerprint density at radius 1 is 0.850 bits per heavy atom. The number of nitrogens with zero attached hydrogens (tertiary/aromatic N) is 2. The number of benzene rings is 3. The summed E-state index contributed by atoms with van der Waals surface area (Å²) in [6.45, 7) is 4.22. The molecule has 1 fully saturated rings. The maximum Gasteiger partial charge on any atom is 0.266 e. The number of rotatable bonds is 1. The van der Waals surface area contributed by atoms with Crippen LogP contribution in [0.2, 0.25) is 0 Å². The predicted octanol–water partition coefficient (Wildman–Crippen LogP) is 6.54. The van der Waals surface area contributed by atoms with Gasteiger partial charge in [-0.15, -0.1) is 0 Å². The van der Waals surface area contributed by atoms with E-state index in [0.717, 1.165) is 70.6 Å². The first-order valence-corrected chi connectivity index (χ1v) is 15.6. The number of fused-ring (bicyclic) bond motifs is 9. The van der Waals surface area contributed by atoms with E-state index in [2.05, 4.69) is 73.2 Å². The molecule has 4 aromatic rings. The number of aryl methyl sites for hydroxylation is 2. The summed E-state index contributed by atoms with van der Waals surface area (Å²) in [5.74, 6) is 1.87. The maximum absolute atomic E-state index is 13.5. The smallest absolute Gasteiger partial charge is 0.266 e. The zero-order valence-corrected chi connectivity index (χ0v) is 23.8. The van der Waals surface area contributed by atoms with E-state index in [4.69, 9.17) is 9.97 Å². The minimum atomic E-state index is -1.48. The van der Waals surface area contributed by atoms with Gasteiger partial charge in [-0.1, -0.05) is 54.6 Å². The van der Waals surface area contributed by atoms with E-state index in [-0.39, 0.29) is 5.92 Å². The number of hydrogen-bond donors (Lipinski definition) is 2. The lowest BCUT2D eigenvalue weighted by Crippen LogP contribution is -2.41. The van der Waals surface area contributed by atoms with Gasteiger partial charge in [0.1, 0.15) is 11.4 Å². The second-order valence-corrected chi connectivity index (χ2v) is 13.2. The molecular weight excluding hydrogens is 514 g/mol. The molecule has 3 aliphatic rings. The fraction of sp³-hybridized carbons (Fsp3) is 0.353. The second-order valence-electron chi connectivity index (χ2n) is 12.0. The van der Waals surface area contributed by atoms with Crippen LogP contribution >= 0.6 is 0 Å². The van der Waals surface area contributed by atoms with Crippen molar-refractivity contribution in [3.05, 3.63) is 106 Å². The molecule has 7 rings (SSSR count). The first kappa shape index (κ1) is 25.8. The van der Waals surface area contributed by atoms with Crippen LogP contribution in [0.1, 0.15) is 52.5 Å². The fourth-order valence-corrected chi connectivity index (χ4v) is 8.54. The van der Waals surface area contributed by atoms with E-state index in [1.54, 1.807) is 0 Å². The standard InChI is InChI=1S/C34H35N3O2S/c1-20-7-5-8-21(2)32(20)31-19-26-15-23-14-25(29-18-24-10-3-4-12-28(24)33(38)30(29)17-23)13-22-9-6-11-27(16-22)40(39)37-34(35-26)36-31/h3-12,16,19,23,25,29-30,33,38H,13-15,17-18H2,1-2H3,(H,35,36,37)/t23?,25?,29?,30-,33+,40?/m0/s1. The molecule has 0 spiro atoms. The normalized spacial score (nSPS) is 27.2. The van der Waals surface area contributed by atoms with Crippen molar-refractivity contribution in [1.82, 2.24) is 9.97 Å². The van der Waals surface area contributed by atoms with Crippen LogP contribution in [-0.4, -0.2) is 19.6 Å². The van der Waals surface area contributed by atoms with Crippen molar-refractivity contribution in [2.45, 2.75) is 57.0 Å². The average molecular weight is 550 g/mol. The van der Waals surface area contributed by atoms with Gasteiger partial charge in [-0.25, -0.2) is 9.97 Å². The van der Waals surface area contributed by atoms with Crippen molar-refractivity contribution in [1.29, 1.82) is 0 Å². The Morgan fingerprint density at radius 3 is 2.50 bits per heavy atom. The lowest BCUT2D eigenvalue weighted by atomic mass is 9.58. The van der Waals surface area contributed by atoms with Crippen LogP contribution in [0.3, 0.4) is 0 Å². The van der Waals surface area contributed by atoms with Gasteiger partial charge < -0.3 is 9.66 Å². The molecule has 40 heavy (non-hydrogen) atoms. The molecule has 1 aliphatic heterocycles. The highest BCUT2D eigenvalue weighted by molar-refractivity contribution is 7.92. The van der Waals surface area contributed by atoms with Crippen molar-refractivity contribution in [2.24, 2.45) is 23.7 Å². The van der Waals surface area contributed by atoms with Gasteiger partial charge in [-0.3, -0.25) is 0 Å². The van der Waals surface area contributed by atoms with Crippen molar-refractivity contribution in [2.75, 3.05) is 4.72 Å². The number of aromatic nitrogens is 2. The lowest BCUT2D eigenvalue weighted by molar-refractivity contribution is -0.0119. The summed E-state index contributed by atoms with van der Waals surface area (Å²) < 4.78 is 16.6. The number of anilines is 1. The SMILES string of the molecule is Cc1cccc(C)c1-c1cc2nc(n1)N[S+]([O-])c1cccc(c1)CC1CC(C2)C[C@H]2C1Cc1ccccc1[C@H]2O. The average Bonchev–Trinajstić information content (AvgIpc) is 2.94. The summed E-state index contributed by atoms with van der Waals surface area (Å²) in [5.41, 5.74) is 8.84. The molecule has 0 amide bonds. The van der Waals surface area contributed by atoms with Gasteiger partial charge in [0.25, 0.3) is 5.95 Å². The van der Waals surface area contributed by atoms with E-state index in [9.17, 15) is 9.66 Å². The summed E-state index contributed by atoms with van der Waals surface area (Å²) in [5, 5.41) is 11.6. The van der Waals surface area contributed by atoms with E-state index in [1.165, 1.54) is 11.1 Å². The van der Waals surface area contributed by atoms with Gasteiger partial charge in [-0.2, -0.15) is 4.72 Å². The van der Waals surface area contributed by atoms with Gasteiger partial charge >= 0.3 is 0 Å². The Bertz CT molecular complexity index is 1550. The maximum atomic E-state index is 13.5. The molecule has 6 atom stereocenters. The molecule has 0 saturated heterocycles. The van der Waals surface area contributed by atoms with Crippen molar-refractivity contribution in [3.63, 3.8) is 0 Å². The molecule has 0 radical (unpaired) electrons. The van der Waals surface area contributed by atoms with Crippen LogP contribution in [-0.2, 0) is 30.6 Å². The predicted molar refractivity (Wildman–Crippen MR) is 159 cm³/mol. The van der Waals surface area contributed by atoms with Crippen LogP contribution in [0.4, 0.5) is 5.95 Å². The van der Waals surface area contributed by atoms with Crippen LogP contribution in [0, 0.1) is 37.5 Å². The van der Waals surface area contributed by atoms with Crippen molar-refractivity contribution in [3.8, 4) is 11.3 Å². The summed E-state index contributed by atoms with van der Waals surface area (Å²) >= 11 is -1.48. The highest BCUT2D eigenvalue weighted by atomic mass is 32.2. The van der Waals surface area contributed by atoms with Gasteiger partial charge in [0.05, 0.1) is 11.8 Å². The summed E-state index contributed by atoms with van der Waals surface area (Å²) in [6, 6.07) is 25.0. The molecule has 4 unspecified atom stereocenters. The van der Waals surface area contributed by atoms with Gasteiger partial charge in [-0.05, 0) is 116 Å². The topological polar surface area (TPSA) is 81.1 Å². The summed E-state index contributed by atoms with van der Waals surface area (Å²) in [6.07, 6.45) is 4.38. The summed E-state index contributed by atoms with van der Waals surface area (Å²) in [4.78, 5) is 10.5. The minimum absolute atomic E-state index is 0.221. The Balaban J connectivity index is 1.34. The van der Waals surface area contributed by atoms with Crippen LogP contribution in [0.25, 0.3) is 11.3 Å². The molecule has 3 aromatic carbocycles. The molecule has 6 bridgehead atoms. The Morgan fingerprint density at radius 2 is 1.65 bits per heavy atom. The molecule has 1 aromatic heterocycles. The van der Waals surface area contributed by atoms with Crippen molar-refractivity contribution < 1.29 is 9.66 Å². The van der Waals surface area contributed by atoms with E-state index < -0.39 is 17.5 Å². The molecule has 5 nitrogen and oxygen atoms in total. The van der Waals surface area contributed by atoms with Gasteiger partial charge in [0.15, 0.2) is 4.90 Å². The molecule has 204 valence electrons. The Labute approximate surface area is 239 Å². The van der Waals surface area contributed by atoms with Crippen LogP contribution < -0.4 is 4.72 Å². The van der Waals surface area contributed by atoms with Crippen LogP contribution in [0.15, 0.2) is 77.7 Å². The van der Waals surface area contributed by atoms with E-state index >= 15 is 0 Å². The van der Waals surface area contributed by atoms with Gasteiger partial charge in [0.2, 0.25) is 0 Å². The zero-order valence-electron chi connectivity index (χ0n) is 23.0. The Hall–Kier alpha value is -3.19. The first-order chi connectivity index (χ1) is 19.4. The van der Waals surface area contributed by atoms with Crippen LogP contribution in [0.5, 0.6) is 0 Å². The van der Waals surface area contributed by atoms with E-state index in [0.29, 0.717) is 23.7 Å². The number of nitrogens with one attached hydrogen (secondary N) is 1. The molecule has 6 heteroatoms. The number of hydrogen-bond acceptors (Lipinski definition) is 5. The molecule has 2 aliphatic carbocycles. The zero-order chi connectivity index (χ0) is 27.4. The Kier molecular flexibility index (Phi) is 6.65. The lowest BCUT2D eigenvalue weighted by Gasteiger charge is -2.47. The number of aliphatic hydroxyl groups is 1. The van der Waals surface area contributed by atoms with Crippen molar-refractivity contribution >= 4 is 17.3 Å². The fourth-order valence-electron chi connectivity index (χ4n) is 7.71.